The third-order valence-corrected chi connectivity index (χ3v) is 11.7. The minimum absolute atomic E-state index is 0.0158. The van der Waals surface area contributed by atoms with Gasteiger partial charge in [0.2, 0.25) is 0 Å². The first-order chi connectivity index (χ1) is 15.3. The van der Waals surface area contributed by atoms with Gasteiger partial charge in [-0.25, -0.2) is 0 Å². The molecule has 0 saturated heterocycles. The van der Waals surface area contributed by atoms with E-state index in [-0.39, 0.29) is 34.4 Å². The summed E-state index contributed by atoms with van der Waals surface area (Å²) in [6.07, 6.45) is 2.80. The molecule has 4 N–H and O–H groups in total. The van der Waals surface area contributed by atoms with Crippen LogP contribution in [0, 0.1) is 58.2 Å². The number of Topliss-reactive ketones (excluding diaryl/α,β-unsaturated/α-hetero) is 1. The number of rotatable bonds is 5. The number of aliphatic hydroxyl groups excluding tert-OH is 4. The van der Waals surface area contributed by atoms with E-state index in [1.165, 1.54) is 0 Å². The van der Waals surface area contributed by atoms with Gasteiger partial charge in [0.05, 0.1) is 24.4 Å². The van der Waals surface area contributed by atoms with Gasteiger partial charge >= 0.3 is 0 Å². The third kappa shape index (κ3) is 3.93. The van der Waals surface area contributed by atoms with E-state index in [2.05, 4.69) is 34.6 Å². The van der Waals surface area contributed by atoms with Crippen LogP contribution in [0.2, 0.25) is 0 Å². The van der Waals surface area contributed by atoms with Gasteiger partial charge in [0.25, 0.3) is 0 Å². The monoisotopic (exact) mass is 464 g/mol. The Bertz CT molecular complexity index is 738. The summed E-state index contributed by atoms with van der Waals surface area (Å²) in [5.41, 5.74) is -0.162. The second-order valence-electron chi connectivity index (χ2n) is 13.4. The van der Waals surface area contributed by atoms with Gasteiger partial charge in [0, 0.05) is 12.3 Å². The van der Waals surface area contributed by atoms with Crippen molar-refractivity contribution in [2.24, 2.45) is 58.2 Å². The first-order valence-corrected chi connectivity index (χ1v) is 13.6. The van der Waals surface area contributed by atoms with Crippen LogP contribution in [0.1, 0.15) is 86.5 Å². The number of hydrogen-bond acceptors (Lipinski definition) is 5. The summed E-state index contributed by atoms with van der Waals surface area (Å²) in [7, 11) is 0. The largest absolute Gasteiger partial charge is 0.390 e. The second kappa shape index (κ2) is 8.87. The normalized spacial score (nSPS) is 49.1. The maximum atomic E-state index is 13.3. The Hall–Kier alpha value is -0.490. The van der Waals surface area contributed by atoms with Gasteiger partial charge in [0.15, 0.2) is 0 Å². The molecule has 33 heavy (non-hydrogen) atoms. The van der Waals surface area contributed by atoms with Crippen LogP contribution in [0.25, 0.3) is 0 Å². The van der Waals surface area contributed by atoms with Gasteiger partial charge in [0.1, 0.15) is 5.78 Å². The van der Waals surface area contributed by atoms with Crippen molar-refractivity contribution in [3.8, 4) is 0 Å². The Morgan fingerprint density at radius 3 is 2.15 bits per heavy atom. The van der Waals surface area contributed by atoms with Gasteiger partial charge in [-0.15, -0.1) is 0 Å². The highest BCUT2D eigenvalue weighted by Crippen LogP contribution is 2.67. The molecule has 0 radical (unpaired) electrons. The Morgan fingerprint density at radius 1 is 0.879 bits per heavy atom. The van der Waals surface area contributed by atoms with Crippen molar-refractivity contribution in [2.45, 2.75) is 111 Å². The lowest BCUT2D eigenvalue weighted by atomic mass is 9.44. The molecule has 0 amide bonds. The fourth-order valence-electron chi connectivity index (χ4n) is 9.23. The van der Waals surface area contributed by atoms with Crippen LogP contribution < -0.4 is 0 Å². The molecule has 0 aromatic heterocycles. The summed E-state index contributed by atoms with van der Waals surface area (Å²) >= 11 is 0. The molecule has 13 atom stereocenters. The molecule has 0 aromatic carbocycles. The molecule has 4 fully saturated rings. The van der Waals surface area contributed by atoms with Crippen LogP contribution in [0.15, 0.2) is 0 Å². The first-order valence-electron chi connectivity index (χ1n) is 13.6. The zero-order chi connectivity index (χ0) is 24.5. The average molecular weight is 465 g/mol. The van der Waals surface area contributed by atoms with Crippen LogP contribution in [-0.2, 0) is 4.79 Å². The molecule has 190 valence electrons. The fraction of sp³-hybridized carbons (Fsp3) is 0.964. The number of carbonyl (C=O) groups is 1. The van der Waals surface area contributed by atoms with Crippen molar-refractivity contribution in [1.29, 1.82) is 0 Å². The average Bonchev–Trinajstić information content (AvgIpc) is 3.10. The highest BCUT2D eigenvalue weighted by molar-refractivity contribution is 5.83. The molecule has 4 aliphatic rings. The molecule has 0 unspecified atom stereocenters. The number of ketones is 1. The minimum atomic E-state index is -0.782. The number of hydrogen-bond donors (Lipinski definition) is 4. The molecule has 5 heteroatoms. The van der Waals surface area contributed by atoms with Crippen molar-refractivity contribution in [3.05, 3.63) is 0 Å². The first kappa shape index (κ1) is 25.6. The van der Waals surface area contributed by atoms with Gasteiger partial charge in [-0.1, -0.05) is 41.5 Å². The Balaban J connectivity index is 1.56. The quantitative estimate of drug-likeness (QED) is 0.496. The van der Waals surface area contributed by atoms with Crippen LogP contribution in [0.3, 0.4) is 0 Å². The van der Waals surface area contributed by atoms with E-state index in [9.17, 15) is 25.2 Å². The van der Waals surface area contributed by atoms with Crippen LogP contribution >= 0.6 is 0 Å². The number of aliphatic hydroxyl groups is 4. The van der Waals surface area contributed by atoms with Gasteiger partial charge in [-0.3, -0.25) is 4.79 Å². The van der Waals surface area contributed by atoms with Crippen LogP contribution in [0.5, 0.6) is 0 Å². The summed E-state index contributed by atoms with van der Waals surface area (Å²) in [5.74, 6) is 2.05. The standard InChI is InChI=1S/C28H48O5/c1-14(2)15(3)25(32)26(33)16(4)18-7-8-19-17-11-22(29)21-12-23(30)24(31)13-28(21,6)20(17)9-10-27(18,19)5/h14-21,23-26,30-33H,7-13H2,1-6H3/t15-,16+,17+,18-,19+,20+,21-,23-,24+,25-,26-,27-,28-/m1/s1. The SMILES string of the molecule is CC(C)[C@@H](C)[C@@H](O)[C@H](O)[C@@H](C)[C@H]1CC[C@H]2[C@@H]3CC(=O)[C@H]4C[C@@H](O)[C@@H](O)C[C@]4(C)[C@H]3CC[C@]12C. The molecule has 5 nitrogen and oxygen atoms in total. The van der Waals surface area contributed by atoms with E-state index in [1.54, 1.807) is 0 Å². The molecular weight excluding hydrogens is 416 g/mol. The molecule has 0 bridgehead atoms. The molecule has 0 spiro atoms. The Labute approximate surface area is 200 Å². The number of carbonyl (C=O) groups excluding carboxylic acids is 1. The lowest BCUT2D eigenvalue weighted by Gasteiger charge is -2.61. The van der Waals surface area contributed by atoms with E-state index < -0.39 is 24.4 Å². The van der Waals surface area contributed by atoms with E-state index >= 15 is 0 Å². The van der Waals surface area contributed by atoms with Crippen molar-refractivity contribution < 1.29 is 25.2 Å². The summed E-state index contributed by atoms with van der Waals surface area (Å²) in [5, 5.41) is 42.8. The minimum Gasteiger partial charge on any atom is -0.390 e. The molecular formula is C28H48O5. The Kier molecular flexibility index (Phi) is 6.88. The third-order valence-electron chi connectivity index (χ3n) is 11.7. The van der Waals surface area contributed by atoms with Crippen molar-refractivity contribution in [3.63, 3.8) is 0 Å². The van der Waals surface area contributed by atoms with Crippen LogP contribution in [0.4, 0.5) is 0 Å². The lowest BCUT2D eigenvalue weighted by molar-refractivity contribution is -0.175. The smallest absolute Gasteiger partial charge is 0.136 e. The predicted molar refractivity (Wildman–Crippen MR) is 128 cm³/mol. The maximum Gasteiger partial charge on any atom is 0.136 e. The fourth-order valence-corrected chi connectivity index (χ4v) is 9.23. The molecule has 0 aromatic rings. The summed E-state index contributed by atoms with van der Waals surface area (Å²) in [6, 6.07) is 0. The maximum absolute atomic E-state index is 13.3. The van der Waals surface area contributed by atoms with Gasteiger partial charge in [-0.05, 0) is 90.8 Å². The van der Waals surface area contributed by atoms with E-state index in [0.717, 1.165) is 25.7 Å². The second-order valence-corrected chi connectivity index (χ2v) is 13.4. The molecule has 4 saturated carbocycles. The van der Waals surface area contributed by atoms with E-state index in [4.69, 9.17) is 0 Å². The lowest BCUT2D eigenvalue weighted by Crippen LogP contribution is -2.59. The Morgan fingerprint density at radius 2 is 1.52 bits per heavy atom. The predicted octanol–water partition coefficient (Wildman–Crippen LogP) is 3.81. The van der Waals surface area contributed by atoms with Crippen molar-refractivity contribution >= 4 is 5.78 Å². The highest BCUT2D eigenvalue weighted by atomic mass is 16.3. The number of fused-ring (bicyclic) bond motifs is 5. The summed E-state index contributed by atoms with van der Waals surface area (Å²) in [4.78, 5) is 13.3. The highest BCUT2D eigenvalue weighted by Gasteiger charge is 2.63. The molecule has 4 aliphatic carbocycles. The van der Waals surface area contributed by atoms with Crippen molar-refractivity contribution in [2.75, 3.05) is 0 Å². The van der Waals surface area contributed by atoms with Crippen molar-refractivity contribution in [1.82, 2.24) is 0 Å². The van der Waals surface area contributed by atoms with E-state index in [1.807, 2.05) is 6.92 Å². The zero-order valence-electron chi connectivity index (χ0n) is 21.6. The zero-order valence-corrected chi connectivity index (χ0v) is 21.6. The van der Waals surface area contributed by atoms with Gasteiger partial charge in [-0.2, -0.15) is 0 Å². The molecule has 0 aliphatic heterocycles. The summed E-state index contributed by atoms with van der Waals surface area (Å²) < 4.78 is 0. The van der Waals surface area contributed by atoms with E-state index in [0.29, 0.717) is 48.9 Å². The van der Waals surface area contributed by atoms with Gasteiger partial charge < -0.3 is 20.4 Å². The molecule has 0 heterocycles. The molecule has 4 rings (SSSR count). The van der Waals surface area contributed by atoms with Crippen LogP contribution in [-0.4, -0.2) is 50.6 Å². The topological polar surface area (TPSA) is 98.0 Å². The summed E-state index contributed by atoms with van der Waals surface area (Å²) in [6.45, 7) is 12.9.